The fourth-order valence-electron chi connectivity index (χ4n) is 2.55. The summed E-state index contributed by atoms with van der Waals surface area (Å²) in [5.41, 5.74) is 0. The van der Waals surface area contributed by atoms with Gasteiger partial charge in [0.1, 0.15) is 0 Å². The summed E-state index contributed by atoms with van der Waals surface area (Å²) in [6, 6.07) is 0.772. The average molecular weight is 214 g/mol. The second kappa shape index (κ2) is 5.38. The lowest BCUT2D eigenvalue weighted by Gasteiger charge is -2.19. The van der Waals surface area contributed by atoms with Gasteiger partial charge in [-0.1, -0.05) is 6.92 Å². The Morgan fingerprint density at radius 2 is 2.36 bits per heavy atom. The summed E-state index contributed by atoms with van der Waals surface area (Å²) in [6.07, 6.45) is 2.81. The maximum atomic E-state index is 3.55. The molecule has 0 bridgehead atoms. The van der Waals surface area contributed by atoms with Crippen LogP contribution in [0.15, 0.2) is 0 Å². The van der Waals surface area contributed by atoms with Gasteiger partial charge >= 0.3 is 0 Å². The highest BCUT2D eigenvalue weighted by atomic mass is 32.2. The molecule has 0 aliphatic carbocycles. The van der Waals surface area contributed by atoms with Crippen molar-refractivity contribution in [3.8, 4) is 0 Å². The van der Waals surface area contributed by atoms with E-state index in [1.807, 2.05) is 0 Å². The zero-order chi connectivity index (χ0) is 9.80. The number of likely N-dealkylation sites (tertiary alicyclic amines) is 1. The van der Waals surface area contributed by atoms with E-state index >= 15 is 0 Å². The largest absolute Gasteiger partial charge is 0.313 e. The van der Waals surface area contributed by atoms with Crippen molar-refractivity contribution in [3.05, 3.63) is 0 Å². The normalized spacial score (nSPS) is 34.1. The van der Waals surface area contributed by atoms with Gasteiger partial charge < -0.3 is 10.2 Å². The first-order valence-corrected chi connectivity index (χ1v) is 7.07. The Hall–Kier alpha value is 0.270. The van der Waals surface area contributed by atoms with Crippen LogP contribution in [-0.4, -0.2) is 48.6 Å². The van der Waals surface area contributed by atoms with E-state index in [1.165, 1.54) is 44.0 Å². The molecule has 0 spiro atoms. The fraction of sp³-hybridized carbons (Fsp3) is 1.00. The third kappa shape index (κ3) is 2.88. The quantitative estimate of drug-likeness (QED) is 0.762. The summed E-state index contributed by atoms with van der Waals surface area (Å²) >= 11 is 2.13. The molecular weight excluding hydrogens is 192 g/mol. The highest BCUT2D eigenvalue weighted by Gasteiger charge is 2.25. The second-order valence-corrected chi connectivity index (χ2v) is 5.68. The summed E-state index contributed by atoms with van der Waals surface area (Å²) in [5, 5.41) is 3.55. The predicted molar refractivity (Wildman–Crippen MR) is 64.0 cm³/mol. The fourth-order valence-corrected chi connectivity index (χ4v) is 3.82. The Kier molecular flexibility index (Phi) is 4.14. The van der Waals surface area contributed by atoms with E-state index in [-0.39, 0.29) is 0 Å². The molecule has 0 aromatic rings. The minimum atomic E-state index is 0.772. The molecule has 14 heavy (non-hydrogen) atoms. The van der Waals surface area contributed by atoms with Crippen LogP contribution in [0.3, 0.4) is 0 Å². The van der Waals surface area contributed by atoms with Crippen molar-refractivity contribution in [1.29, 1.82) is 0 Å². The van der Waals surface area contributed by atoms with Gasteiger partial charge in [0.15, 0.2) is 0 Å². The summed E-state index contributed by atoms with van der Waals surface area (Å²) in [6.45, 7) is 7.29. The van der Waals surface area contributed by atoms with Crippen LogP contribution < -0.4 is 5.32 Å². The number of thioether (sulfide) groups is 1. The zero-order valence-corrected chi connectivity index (χ0v) is 9.98. The Labute approximate surface area is 91.8 Å². The van der Waals surface area contributed by atoms with E-state index in [0.29, 0.717) is 0 Å². The lowest BCUT2D eigenvalue weighted by Crippen LogP contribution is -2.34. The minimum absolute atomic E-state index is 0.772. The number of rotatable bonds is 4. The third-order valence-electron chi connectivity index (χ3n) is 3.31. The lowest BCUT2D eigenvalue weighted by molar-refractivity contribution is 0.284. The first-order valence-electron chi connectivity index (χ1n) is 5.92. The standard InChI is InChI=1S/C11H22N2S/c1-2-12-11-3-5-13(8-11)7-10-4-6-14-9-10/h10-12H,2-9H2,1H3. The molecule has 1 N–H and O–H groups in total. The molecule has 2 unspecified atom stereocenters. The van der Waals surface area contributed by atoms with Gasteiger partial charge in [-0.05, 0) is 43.4 Å². The number of likely N-dealkylation sites (N-methyl/N-ethyl adjacent to an activating group) is 1. The van der Waals surface area contributed by atoms with Crippen molar-refractivity contribution in [2.45, 2.75) is 25.8 Å². The molecule has 0 saturated carbocycles. The number of nitrogens with one attached hydrogen (secondary N) is 1. The molecular formula is C11H22N2S. The molecule has 2 atom stereocenters. The molecule has 2 fully saturated rings. The van der Waals surface area contributed by atoms with Gasteiger partial charge in [-0.25, -0.2) is 0 Å². The maximum absolute atomic E-state index is 3.55. The Morgan fingerprint density at radius 1 is 1.43 bits per heavy atom. The molecule has 0 radical (unpaired) electrons. The van der Waals surface area contributed by atoms with E-state index in [1.54, 1.807) is 0 Å². The molecule has 2 saturated heterocycles. The lowest BCUT2D eigenvalue weighted by atomic mass is 10.1. The first-order chi connectivity index (χ1) is 6.88. The molecule has 2 rings (SSSR count). The highest BCUT2D eigenvalue weighted by Crippen LogP contribution is 2.25. The Balaban J connectivity index is 1.67. The topological polar surface area (TPSA) is 15.3 Å². The van der Waals surface area contributed by atoms with Gasteiger partial charge in [0.05, 0.1) is 0 Å². The van der Waals surface area contributed by atoms with E-state index in [9.17, 15) is 0 Å². The Bertz CT molecular complexity index is 169. The maximum Gasteiger partial charge on any atom is 0.0207 e. The SMILES string of the molecule is CCNC1CCN(CC2CCSC2)C1. The van der Waals surface area contributed by atoms with Crippen molar-refractivity contribution in [1.82, 2.24) is 10.2 Å². The first kappa shape index (κ1) is 10.8. The van der Waals surface area contributed by atoms with Crippen LogP contribution in [0.4, 0.5) is 0 Å². The smallest absolute Gasteiger partial charge is 0.0207 e. The van der Waals surface area contributed by atoms with E-state index in [4.69, 9.17) is 0 Å². The van der Waals surface area contributed by atoms with Gasteiger partial charge in [-0.15, -0.1) is 0 Å². The zero-order valence-electron chi connectivity index (χ0n) is 9.17. The van der Waals surface area contributed by atoms with E-state index < -0.39 is 0 Å². The molecule has 2 aliphatic rings. The summed E-state index contributed by atoms with van der Waals surface area (Å²) < 4.78 is 0. The van der Waals surface area contributed by atoms with Crippen molar-refractivity contribution in [3.63, 3.8) is 0 Å². The van der Waals surface area contributed by atoms with Crippen LogP contribution in [0.1, 0.15) is 19.8 Å². The van der Waals surface area contributed by atoms with Gasteiger partial charge in [0.2, 0.25) is 0 Å². The summed E-state index contributed by atoms with van der Waals surface area (Å²) in [4.78, 5) is 2.66. The molecule has 2 aliphatic heterocycles. The predicted octanol–water partition coefficient (Wildman–Crippen LogP) is 1.42. The molecule has 0 aromatic carbocycles. The van der Waals surface area contributed by atoms with Crippen molar-refractivity contribution in [2.75, 3.05) is 37.7 Å². The van der Waals surface area contributed by atoms with Crippen LogP contribution in [0.5, 0.6) is 0 Å². The number of nitrogens with zero attached hydrogens (tertiary/aromatic N) is 1. The monoisotopic (exact) mass is 214 g/mol. The molecule has 0 amide bonds. The summed E-state index contributed by atoms with van der Waals surface area (Å²) in [7, 11) is 0. The van der Waals surface area contributed by atoms with Crippen LogP contribution in [0.25, 0.3) is 0 Å². The van der Waals surface area contributed by atoms with Crippen molar-refractivity contribution in [2.24, 2.45) is 5.92 Å². The third-order valence-corrected chi connectivity index (χ3v) is 4.54. The van der Waals surface area contributed by atoms with E-state index in [2.05, 4.69) is 28.9 Å². The minimum Gasteiger partial charge on any atom is -0.313 e. The molecule has 82 valence electrons. The van der Waals surface area contributed by atoms with Crippen molar-refractivity contribution >= 4 is 11.8 Å². The van der Waals surface area contributed by atoms with Crippen molar-refractivity contribution < 1.29 is 0 Å². The van der Waals surface area contributed by atoms with Gasteiger partial charge in [-0.2, -0.15) is 11.8 Å². The van der Waals surface area contributed by atoms with Gasteiger partial charge in [0, 0.05) is 19.1 Å². The van der Waals surface area contributed by atoms with Gasteiger partial charge in [0.25, 0.3) is 0 Å². The summed E-state index contributed by atoms with van der Waals surface area (Å²) in [5.74, 6) is 3.79. The van der Waals surface area contributed by atoms with Gasteiger partial charge in [-0.3, -0.25) is 0 Å². The molecule has 0 aromatic heterocycles. The van der Waals surface area contributed by atoms with Crippen LogP contribution in [-0.2, 0) is 0 Å². The van der Waals surface area contributed by atoms with Crippen LogP contribution in [0, 0.1) is 5.92 Å². The van der Waals surface area contributed by atoms with Crippen LogP contribution >= 0.6 is 11.8 Å². The molecule has 3 heteroatoms. The number of hydrogen-bond acceptors (Lipinski definition) is 3. The Morgan fingerprint density at radius 3 is 3.07 bits per heavy atom. The van der Waals surface area contributed by atoms with E-state index in [0.717, 1.165) is 18.5 Å². The number of hydrogen-bond donors (Lipinski definition) is 1. The van der Waals surface area contributed by atoms with Crippen LogP contribution in [0.2, 0.25) is 0 Å². The highest BCUT2D eigenvalue weighted by molar-refractivity contribution is 7.99. The molecule has 2 nitrogen and oxygen atoms in total. The average Bonchev–Trinajstić information content (AvgIpc) is 2.79. The second-order valence-electron chi connectivity index (χ2n) is 4.53. The molecule has 2 heterocycles.